The Kier molecular flexibility index (Phi) is 6.02. The zero-order valence-electron chi connectivity index (χ0n) is 17.0. The predicted molar refractivity (Wildman–Crippen MR) is 112 cm³/mol. The first-order valence-electron chi connectivity index (χ1n) is 10.6. The molecule has 2 heterocycles. The molecule has 1 N–H and O–H groups in total. The zero-order valence-corrected chi connectivity index (χ0v) is 17.0. The molecule has 5 nitrogen and oxygen atoms in total. The van der Waals surface area contributed by atoms with Gasteiger partial charge in [0.1, 0.15) is 11.6 Å². The largest absolute Gasteiger partial charge is 0.508 e. The Hall–Kier alpha value is -2.89. The number of phenols is 1. The number of aromatic hydroxyl groups is 1. The maximum atomic E-state index is 13.1. The van der Waals surface area contributed by atoms with Crippen LogP contribution in [0.2, 0.25) is 0 Å². The second kappa shape index (κ2) is 8.86. The minimum atomic E-state index is -0.367. The second-order valence-corrected chi connectivity index (χ2v) is 8.29. The third-order valence-electron chi connectivity index (χ3n) is 6.32. The number of carbonyl (C=O) groups is 2. The van der Waals surface area contributed by atoms with E-state index in [0.29, 0.717) is 37.7 Å². The summed E-state index contributed by atoms with van der Waals surface area (Å²) in [5.74, 6) is 0.123. The van der Waals surface area contributed by atoms with Crippen molar-refractivity contribution >= 4 is 11.8 Å². The fraction of sp³-hybridized carbons (Fsp3) is 0.417. The summed E-state index contributed by atoms with van der Waals surface area (Å²) in [5.41, 5.74) is 1.66. The highest BCUT2D eigenvalue weighted by atomic mass is 19.1. The van der Waals surface area contributed by atoms with E-state index in [2.05, 4.69) is 0 Å². The van der Waals surface area contributed by atoms with Gasteiger partial charge in [-0.3, -0.25) is 9.59 Å². The van der Waals surface area contributed by atoms with Crippen LogP contribution in [0.3, 0.4) is 0 Å². The summed E-state index contributed by atoms with van der Waals surface area (Å²) in [6.07, 6.45) is 3.40. The van der Waals surface area contributed by atoms with Crippen LogP contribution in [0, 0.1) is 11.7 Å². The molecule has 30 heavy (non-hydrogen) atoms. The van der Waals surface area contributed by atoms with Crippen LogP contribution in [0.25, 0.3) is 0 Å². The third-order valence-corrected chi connectivity index (χ3v) is 6.32. The van der Waals surface area contributed by atoms with E-state index in [0.717, 1.165) is 25.7 Å². The first-order chi connectivity index (χ1) is 14.5. The average molecular weight is 410 g/mol. The average Bonchev–Trinajstić information content (AvgIpc) is 2.79. The van der Waals surface area contributed by atoms with Crippen molar-refractivity contribution in [3.63, 3.8) is 0 Å². The molecule has 2 aromatic rings. The fourth-order valence-electron chi connectivity index (χ4n) is 4.58. The minimum absolute atomic E-state index is 0.135. The molecule has 1 unspecified atom stereocenters. The van der Waals surface area contributed by atoms with Gasteiger partial charge in [0.25, 0.3) is 5.91 Å². The summed E-state index contributed by atoms with van der Waals surface area (Å²) in [6, 6.07) is 12.9. The summed E-state index contributed by atoms with van der Waals surface area (Å²) < 4.78 is 13.1. The van der Waals surface area contributed by atoms with E-state index in [9.17, 15) is 19.1 Å². The fourth-order valence-corrected chi connectivity index (χ4v) is 4.58. The monoisotopic (exact) mass is 410 g/mol. The molecule has 2 aromatic carbocycles. The standard InChI is InChI=1S/C24H27FN2O3/c25-21-7-3-19(4-8-21)23(29)27-13-1-2-20(16-27)24(30)26-14-11-18(12-15-26)17-5-9-22(28)10-6-17/h3-10,18,20,28H,1-2,11-16H2. The first-order valence-corrected chi connectivity index (χ1v) is 10.6. The van der Waals surface area contributed by atoms with Gasteiger partial charge in [-0.25, -0.2) is 4.39 Å². The van der Waals surface area contributed by atoms with Crippen molar-refractivity contribution in [2.75, 3.05) is 26.2 Å². The zero-order chi connectivity index (χ0) is 21.1. The molecule has 1 atom stereocenters. The second-order valence-electron chi connectivity index (χ2n) is 8.29. The highest BCUT2D eigenvalue weighted by Gasteiger charge is 2.33. The number of nitrogens with zero attached hydrogens (tertiary/aromatic N) is 2. The summed E-state index contributed by atoms with van der Waals surface area (Å²) in [5, 5.41) is 9.46. The van der Waals surface area contributed by atoms with Crippen LogP contribution >= 0.6 is 0 Å². The van der Waals surface area contributed by atoms with Crippen LogP contribution in [0.4, 0.5) is 4.39 Å². The molecule has 2 aliphatic rings. The molecule has 2 fully saturated rings. The Morgan fingerprint density at radius 3 is 2.20 bits per heavy atom. The Balaban J connectivity index is 1.34. The first kappa shape index (κ1) is 20.4. The molecule has 2 aliphatic heterocycles. The number of likely N-dealkylation sites (tertiary alicyclic amines) is 2. The lowest BCUT2D eigenvalue weighted by Crippen LogP contribution is -2.48. The Bertz CT molecular complexity index is 890. The summed E-state index contributed by atoms with van der Waals surface area (Å²) in [7, 11) is 0. The van der Waals surface area contributed by atoms with Gasteiger partial charge in [-0.2, -0.15) is 0 Å². The summed E-state index contributed by atoms with van der Waals surface area (Å²) >= 11 is 0. The number of halogens is 1. The van der Waals surface area contributed by atoms with Gasteiger partial charge >= 0.3 is 0 Å². The van der Waals surface area contributed by atoms with Crippen molar-refractivity contribution in [2.24, 2.45) is 5.92 Å². The predicted octanol–water partition coefficient (Wildman–Crippen LogP) is 3.79. The molecular weight excluding hydrogens is 383 g/mol. The van der Waals surface area contributed by atoms with Gasteiger partial charge in [0.2, 0.25) is 5.91 Å². The summed E-state index contributed by atoms with van der Waals surface area (Å²) in [6.45, 7) is 2.48. The topological polar surface area (TPSA) is 60.9 Å². The van der Waals surface area contributed by atoms with Gasteiger partial charge in [0.05, 0.1) is 5.92 Å². The van der Waals surface area contributed by atoms with Crippen molar-refractivity contribution in [1.82, 2.24) is 9.80 Å². The van der Waals surface area contributed by atoms with Crippen LogP contribution in [0.5, 0.6) is 5.75 Å². The molecule has 6 heteroatoms. The van der Waals surface area contributed by atoms with Crippen LogP contribution in [0.1, 0.15) is 47.5 Å². The molecule has 4 rings (SSSR count). The van der Waals surface area contributed by atoms with Crippen LogP contribution in [0.15, 0.2) is 48.5 Å². The van der Waals surface area contributed by atoms with Crippen molar-refractivity contribution in [1.29, 1.82) is 0 Å². The lowest BCUT2D eigenvalue weighted by molar-refractivity contribution is -0.138. The van der Waals surface area contributed by atoms with Crippen molar-refractivity contribution in [3.8, 4) is 5.75 Å². The quantitative estimate of drug-likeness (QED) is 0.838. The lowest BCUT2D eigenvalue weighted by atomic mass is 9.88. The number of piperidine rings is 2. The van der Waals surface area contributed by atoms with Gasteiger partial charge in [-0.1, -0.05) is 12.1 Å². The van der Waals surface area contributed by atoms with E-state index >= 15 is 0 Å². The SMILES string of the molecule is O=C(c1ccc(F)cc1)N1CCCC(C(=O)N2CCC(c3ccc(O)cc3)CC2)C1. The smallest absolute Gasteiger partial charge is 0.253 e. The number of hydrogen-bond donors (Lipinski definition) is 1. The molecule has 0 aromatic heterocycles. The Morgan fingerprint density at radius 1 is 0.867 bits per heavy atom. The number of carbonyl (C=O) groups excluding carboxylic acids is 2. The van der Waals surface area contributed by atoms with Crippen molar-refractivity contribution in [3.05, 3.63) is 65.5 Å². The van der Waals surface area contributed by atoms with Crippen LogP contribution in [-0.4, -0.2) is 52.9 Å². The third kappa shape index (κ3) is 4.48. The highest BCUT2D eigenvalue weighted by molar-refractivity contribution is 5.94. The van der Waals surface area contributed by atoms with Gasteiger partial charge in [0.15, 0.2) is 0 Å². The Morgan fingerprint density at radius 2 is 1.53 bits per heavy atom. The number of phenolic OH excluding ortho intramolecular Hbond substituents is 1. The number of rotatable bonds is 3. The molecule has 0 saturated carbocycles. The maximum Gasteiger partial charge on any atom is 0.253 e. The molecule has 158 valence electrons. The number of hydrogen-bond acceptors (Lipinski definition) is 3. The molecular formula is C24H27FN2O3. The van der Waals surface area contributed by atoms with E-state index < -0.39 is 0 Å². The highest BCUT2D eigenvalue weighted by Crippen LogP contribution is 2.30. The van der Waals surface area contributed by atoms with Gasteiger partial charge in [-0.05, 0) is 73.6 Å². The number of amides is 2. The normalized spacial score (nSPS) is 20.2. The van der Waals surface area contributed by atoms with Gasteiger partial charge < -0.3 is 14.9 Å². The van der Waals surface area contributed by atoms with E-state index in [1.54, 1.807) is 17.0 Å². The van der Waals surface area contributed by atoms with E-state index in [4.69, 9.17) is 0 Å². The lowest BCUT2D eigenvalue weighted by Gasteiger charge is -2.38. The van der Waals surface area contributed by atoms with E-state index in [1.807, 2.05) is 17.0 Å². The molecule has 2 amide bonds. The maximum absolute atomic E-state index is 13.1. The molecule has 0 bridgehead atoms. The van der Waals surface area contributed by atoms with E-state index in [-0.39, 0.29) is 29.3 Å². The molecule has 0 aliphatic carbocycles. The van der Waals surface area contributed by atoms with Crippen molar-refractivity contribution in [2.45, 2.75) is 31.6 Å². The molecule has 0 radical (unpaired) electrons. The molecule has 2 saturated heterocycles. The minimum Gasteiger partial charge on any atom is -0.508 e. The van der Waals surface area contributed by atoms with Crippen LogP contribution < -0.4 is 0 Å². The molecule has 0 spiro atoms. The van der Waals surface area contributed by atoms with E-state index in [1.165, 1.54) is 29.8 Å². The van der Waals surface area contributed by atoms with Crippen LogP contribution in [-0.2, 0) is 4.79 Å². The van der Waals surface area contributed by atoms with Crippen molar-refractivity contribution < 1.29 is 19.1 Å². The summed E-state index contributed by atoms with van der Waals surface area (Å²) in [4.78, 5) is 29.5. The number of benzene rings is 2. The van der Waals surface area contributed by atoms with Gasteiger partial charge in [-0.15, -0.1) is 0 Å². The van der Waals surface area contributed by atoms with Gasteiger partial charge in [0, 0.05) is 31.7 Å². The Labute approximate surface area is 176 Å².